The minimum absolute atomic E-state index is 1.25. The average Bonchev–Trinajstić information content (AvgIpc) is 2.52. The molecule has 0 amide bonds. The molecule has 0 saturated carbocycles. The second kappa shape index (κ2) is 3.53. The molecule has 1 aromatic rings. The van der Waals surface area contributed by atoms with Crippen LogP contribution in [-0.2, 0) is 19.3 Å². The molecule has 70 valence electrons. The monoisotopic (exact) mass is 174 g/mol. The van der Waals surface area contributed by atoms with Crippen molar-refractivity contribution in [3.63, 3.8) is 0 Å². The number of rotatable bonds is 2. The van der Waals surface area contributed by atoms with E-state index in [0.29, 0.717) is 0 Å². The predicted molar refractivity (Wildman–Crippen MR) is 57.2 cm³/mol. The van der Waals surface area contributed by atoms with Gasteiger partial charge >= 0.3 is 0 Å². The molecule has 0 saturated heterocycles. The van der Waals surface area contributed by atoms with Gasteiger partial charge in [-0.3, -0.25) is 0 Å². The van der Waals surface area contributed by atoms with Crippen LogP contribution < -0.4 is 0 Å². The molecule has 1 aliphatic rings. The van der Waals surface area contributed by atoms with Crippen LogP contribution in [0.2, 0.25) is 0 Å². The lowest BCUT2D eigenvalue weighted by molar-refractivity contribution is 0.904. The highest BCUT2D eigenvalue weighted by Crippen LogP contribution is 2.25. The molecule has 0 aliphatic heterocycles. The van der Waals surface area contributed by atoms with E-state index in [1.807, 2.05) is 0 Å². The van der Waals surface area contributed by atoms with Gasteiger partial charge in [0.05, 0.1) is 0 Å². The highest BCUT2D eigenvalue weighted by atomic mass is 14.2. The standard InChI is InChI=1S/C13H18/c1-3-5-11-9-13-7-4-6-12(13)8-10(11)2/h8-9H,3-7H2,1-2H3. The molecule has 13 heavy (non-hydrogen) atoms. The highest BCUT2D eigenvalue weighted by Gasteiger charge is 2.12. The molecule has 0 unspecified atom stereocenters. The average molecular weight is 174 g/mol. The van der Waals surface area contributed by atoms with Gasteiger partial charge in [0, 0.05) is 0 Å². The summed E-state index contributed by atoms with van der Waals surface area (Å²) in [4.78, 5) is 0. The fraction of sp³-hybridized carbons (Fsp3) is 0.538. The van der Waals surface area contributed by atoms with Gasteiger partial charge in [0.15, 0.2) is 0 Å². The predicted octanol–water partition coefficient (Wildman–Crippen LogP) is 3.44. The van der Waals surface area contributed by atoms with Crippen LogP contribution in [0.4, 0.5) is 0 Å². The number of fused-ring (bicyclic) bond motifs is 1. The fourth-order valence-corrected chi connectivity index (χ4v) is 2.34. The molecule has 2 rings (SSSR count). The van der Waals surface area contributed by atoms with Gasteiger partial charge in [-0.25, -0.2) is 0 Å². The lowest BCUT2D eigenvalue weighted by Gasteiger charge is -2.08. The van der Waals surface area contributed by atoms with Crippen LogP contribution in [0, 0.1) is 6.92 Å². The van der Waals surface area contributed by atoms with E-state index in [1.54, 1.807) is 16.7 Å². The molecule has 0 aromatic heterocycles. The minimum Gasteiger partial charge on any atom is -0.0651 e. The molecular formula is C13H18. The van der Waals surface area contributed by atoms with E-state index >= 15 is 0 Å². The lowest BCUT2D eigenvalue weighted by Crippen LogP contribution is -1.92. The van der Waals surface area contributed by atoms with E-state index in [1.165, 1.54) is 37.7 Å². The van der Waals surface area contributed by atoms with Crippen LogP contribution in [-0.4, -0.2) is 0 Å². The third kappa shape index (κ3) is 1.63. The lowest BCUT2D eigenvalue weighted by atomic mass is 9.98. The van der Waals surface area contributed by atoms with Gasteiger partial charge in [0.1, 0.15) is 0 Å². The van der Waals surface area contributed by atoms with Crippen molar-refractivity contribution in [3.8, 4) is 0 Å². The number of aryl methyl sites for hydroxylation is 4. The minimum atomic E-state index is 1.25. The Labute approximate surface area is 81.0 Å². The van der Waals surface area contributed by atoms with E-state index in [2.05, 4.69) is 26.0 Å². The summed E-state index contributed by atoms with van der Waals surface area (Å²) in [6.45, 7) is 4.51. The molecule has 1 aliphatic carbocycles. The van der Waals surface area contributed by atoms with E-state index in [-0.39, 0.29) is 0 Å². The Morgan fingerprint density at radius 2 is 1.85 bits per heavy atom. The molecule has 0 atom stereocenters. The highest BCUT2D eigenvalue weighted by molar-refractivity contribution is 5.40. The Balaban J connectivity index is 2.37. The third-order valence-electron chi connectivity index (χ3n) is 3.07. The van der Waals surface area contributed by atoms with Gasteiger partial charge in [-0.15, -0.1) is 0 Å². The van der Waals surface area contributed by atoms with Gasteiger partial charge in [-0.1, -0.05) is 25.5 Å². The van der Waals surface area contributed by atoms with Crippen LogP contribution in [0.5, 0.6) is 0 Å². The van der Waals surface area contributed by atoms with Crippen LogP contribution >= 0.6 is 0 Å². The quantitative estimate of drug-likeness (QED) is 0.644. The van der Waals surface area contributed by atoms with Crippen molar-refractivity contribution in [1.29, 1.82) is 0 Å². The van der Waals surface area contributed by atoms with Gasteiger partial charge in [0.2, 0.25) is 0 Å². The maximum atomic E-state index is 2.45. The molecule has 0 radical (unpaired) electrons. The van der Waals surface area contributed by atoms with Crippen molar-refractivity contribution < 1.29 is 0 Å². The van der Waals surface area contributed by atoms with Crippen molar-refractivity contribution in [3.05, 3.63) is 34.4 Å². The molecule has 0 bridgehead atoms. The maximum absolute atomic E-state index is 2.45. The number of hydrogen-bond donors (Lipinski definition) is 0. The maximum Gasteiger partial charge on any atom is -0.0273 e. The van der Waals surface area contributed by atoms with E-state index in [4.69, 9.17) is 0 Å². The van der Waals surface area contributed by atoms with E-state index in [9.17, 15) is 0 Å². The molecule has 1 aromatic carbocycles. The summed E-state index contributed by atoms with van der Waals surface area (Å²) < 4.78 is 0. The topological polar surface area (TPSA) is 0 Å². The summed E-state index contributed by atoms with van der Waals surface area (Å²) in [5.74, 6) is 0. The summed E-state index contributed by atoms with van der Waals surface area (Å²) in [7, 11) is 0. The Kier molecular flexibility index (Phi) is 2.39. The van der Waals surface area contributed by atoms with E-state index < -0.39 is 0 Å². The summed E-state index contributed by atoms with van der Waals surface area (Å²) in [6.07, 6.45) is 6.50. The van der Waals surface area contributed by atoms with Crippen LogP contribution in [0.1, 0.15) is 42.0 Å². The third-order valence-corrected chi connectivity index (χ3v) is 3.07. The summed E-state index contributed by atoms with van der Waals surface area (Å²) in [5.41, 5.74) is 6.30. The molecule has 0 heterocycles. The smallest absolute Gasteiger partial charge is 0.0273 e. The Hall–Kier alpha value is -0.780. The zero-order valence-electron chi connectivity index (χ0n) is 8.69. The summed E-state index contributed by atoms with van der Waals surface area (Å²) in [5, 5.41) is 0. The number of hydrogen-bond acceptors (Lipinski definition) is 0. The molecule has 0 fully saturated rings. The number of benzene rings is 1. The SMILES string of the molecule is CCCc1cc2c(cc1C)CCC2. The Morgan fingerprint density at radius 3 is 2.54 bits per heavy atom. The largest absolute Gasteiger partial charge is 0.0651 e. The normalized spacial score (nSPS) is 14.6. The van der Waals surface area contributed by atoms with Gasteiger partial charge in [0.25, 0.3) is 0 Å². The van der Waals surface area contributed by atoms with Crippen molar-refractivity contribution >= 4 is 0 Å². The fourth-order valence-electron chi connectivity index (χ4n) is 2.34. The van der Waals surface area contributed by atoms with Gasteiger partial charge < -0.3 is 0 Å². The van der Waals surface area contributed by atoms with Gasteiger partial charge in [-0.05, 0) is 54.9 Å². The first-order valence-electron chi connectivity index (χ1n) is 5.42. The molecule has 0 spiro atoms. The van der Waals surface area contributed by atoms with Crippen LogP contribution in [0.3, 0.4) is 0 Å². The summed E-state index contributed by atoms with van der Waals surface area (Å²) in [6, 6.07) is 4.86. The van der Waals surface area contributed by atoms with Crippen molar-refractivity contribution in [1.82, 2.24) is 0 Å². The first-order valence-corrected chi connectivity index (χ1v) is 5.42. The zero-order chi connectivity index (χ0) is 9.26. The molecule has 0 N–H and O–H groups in total. The van der Waals surface area contributed by atoms with Crippen LogP contribution in [0.25, 0.3) is 0 Å². The van der Waals surface area contributed by atoms with Gasteiger partial charge in [-0.2, -0.15) is 0 Å². The second-order valence-electron chi connectivity index (χ2n) is 4.15. The molecule has 0 heteroatoms. The first-order chi connectivity index (χ1) is 6.31. The van der Waals surface area contributed by atoms with Crippen molar-refractivity contribution in [2.75, 3.05) is 0 Å². The molecule has 0 nitrogen and oxygen atoms in total. The second-order valence-corrected chi connectivity index (χ2v) is 4.15. The molecular weight excluding hydrogens is 156 g/mol. The van der Waals surface area contributed by atoms with E-state index in [0.717, 1.165) is 0 Å². The van der Waals surface area contributed by atoms with Crippen LogP contribution in [0.15, 0.2) is 12.1 Å². The zero-order valence-corrected chi connectivity index (χ0v) is 8.69. The summed E-state index contributed by atoms with van der Waals surface area (Å²) >= 11 is 0. The Bertz CT molecular complexity index is 310. The van der Waals surface area contributed by atoms with Crippen molar-refractivity contribution in [2.24, 2.45) is 0 Å². The van der Waals surface area contributed by atoms with Crippen molar-refractivity contribution in [2.45, 2.75) is 46.0 Å². The Morgan fingerprint density at radius 1 is 1.15 bits per heavy atom. The first kappa shape index (κ1) is 8.80.